The summed E-state index contributed by atoms with van der Waals surface area (Å²) in [5.74, 6) is 1.35. The van der Waals surface area contributed by atoms with Gasteiger partial charge < -0.3 is 19.7 Å². The lowest BCUT2D eigenvalue weighted by Crippen LogP contribution is -2.45. The van der Waals surface area contributed by atoms with Gasteiger partial charge in [-0.25, -0.2) is 13.4 Å². The number of aromatic nitrogens is 2. The molecular formula is C15H22N4O4S. The molecule has 0 amide bonds. The van der Waals surface area contributed by atoms with Crippen molar-refractivity contribution in [2.75, 3.05) is 48.0 Å². The van der Waals surface area contributed by atoms with Crippen LogP contribution in [0.5, 0.6) is 0 Å². The van der Waals surface area contributed by atoms with Gasteiger partial charge in [-0.3, -0.25) is 0 Å². The van der Waals surface area contributed by atoms with Crippen molar-refractivity contribution in [1.82, 2.24) is 9.97 Å². The molecule has 1 aromatic heterocycles. The van der Waals surface area contributed by atoms with E-state index in [-0.39, 0.29) is 17.5 Å². The molecule has 4 heterocycles. The van der Waals surface area contributed by atoms with E-state index in [2.05, 4.69) is 20.2 Å². The van der Waals surface area contributed by atoms with Gasteiger partial charge in [0.2, 0.25) is 5.95 Å². The Morgan fingerprint density at radius 3 is 2.67 bits per heavy atom. The van der Waals surface area contributed by atoms with Crippen LogP contribution in [0, 0.1) is 0 Å². The fourth-order valence-electron chi connectivity index (χ4n) is 3.53. The predicted molar refractivity (Wildman–Crippen MR) is 88.8 cm³/mol. The van der Waals surface area contributed by atoms with E-state index in [0.717, 1.165) is 25.9 Å². The molecular weight excluding hydrogens is 332 g/mol. The first kappa shape index (κ1) is 16.0. The van der Waals surface area contributed by atoms with Crippen LogP contribution in [0.2, 0.25) is 0 Å². The van der Waals surface area contributed by atoms with Crippen molar-refractivity contribution in [2.45, 2.75) is 31.1 Å². The molecule has 1 spiro atoms. The molecule has 1 unspecified atom stereocenters. The number of anilines is 2. The molecule has 3 aliphatic rings. The predicted octanol–water partition coefficient (Wildman–Crippen LogP) is 0.419. The number of nitrogens with zero attached hydrogens (tertiary/aromatic N) is 3. The van der Waals surface area contributed by atoms with E-state index in [9.17, 15) is 8.42 Å². The van der Waals surface area contributed by atoms with Crippen LogP contribution < -0.4 is 10.2 Å². The number of ether oxygens (including phenoxy) is 2. The van der Waals surface area contributed by atoms with Crippen molar-refractivity contribution in [1.29, 1.82) is 0 Å². The van der Waals surface area contributed by atoms with Crippen LogP contribution in [-0.4, -0.2) is 68.0 Å². The molecule has 0 bridgehead atoms. The van der Waals surface area contributed by atoms with E-state index in [1.165, 1.54) is 0 Å². The highest BCUT2D eigenvalue weighted by Crippen LogP contribution is 2.32. The largest absolute Gasteiger partial charge is 0.366 e. The minimum absolute atomic E-state index is 0.0670. The highest BCUT2D eigenvalue weighted by molar-refractivity contribution is 7.91. The van der Waals surface area contributed by atoms with Crippen molar-refractivity contribution < 1.29 is 17.9 Å². The second-order valence-electron chi connectivity index (χ2n) is 6.58. The van der Waals surface area contributed by atoms with Gasteiger partial charge in [-0.15, -0.1) is 0 Å². The lowest BCUT2D eigenvalue weighted by Gasteiger charge is -2.37. The van der Waals surface area contributed by atoms with E-state index < -0.39 is 15.6 Å². The van der Waals surface area contributed by atoms with Crippen molar-refractivity contribution in [3.63, 3.8) is 0 Å². The Morgan fingerprint density at radius 1 is 1.25 bits per heavy atom. The molecule has 1 N–H and O–H groups in total. The lowest BCUT2D eigenvalue weighted by molar-refractivity contribution is -0.169. The van der Waals surface area contributed by atoms with Gasteiger partial charge in [0.15, 0.2) is 15.6 Å². The van der Waals surface area contributed by atoms with Crippen LogP contribution in [0.4, 0.5) is 11.8 Å². The molecule has 9 heteroatoms. The van der Waals surface area contributed by atoms with Gasteiger partial charge in [0.1, 0.15) is 5.82 Å². The molecule has 0 aliphatic carbocycles. The van der Waals surface area contributed by atoms with Crippen LogP contribution in [0.1, 0.15) is 19.3 Å². The molecule has 0 saturated carbocycles. The standard InChI is InChI=1S/C15H22N4O4S/c20-24(21)10-2-12(11-24)17-13-1-5-16-14(18-13)19-6-3-15(4-7-19)22-8-9-23-15/h1,5,12H,2-4,6-11H2,(H,16,17,18). The number of rotatable bonds is 3. The molecule has 1 atom stereocenters. The zero-order chi connectivity index (χ0) is 16.6. The van der Waals surface area contributed by atoms with Crippen LogP contribution in [0.25, 0.3) is 0 Å². The van der Waals surface area contributed by atoms with Gasteiger partial charge in [0, 0.05) is 38.2 Å². The summed E-state index contributed by atoms with van der Waals surface area (Å²) in [6.07, 6.45) is 3.94. The van der Waals surface area contributed by atoms with Crippen LogP contribution in [0.3, 0.4) is 0 Å². The maximum atomic E-state index is 11.6. The molecule has 3 aliphatic heterocycles. The van der Waals surface area contributed by atoms with Gasteiger partial charge in [-0.05, 0) is 12.5 Å². The van der Waals surface area contributed by atoms with E-state index in [0.29, 0.717) is 31.4 Å². The minimum atomic E-state index is -2.90. The van der Waals surface area contributed by atoms with E-state index in [1.54, 1.807) is 12.3 Å². The molecule has 3 fully saturated rings. The molecule has 132 valence electrons. The Balaban J connectivity index is 1.40. The first-order valence-electron chi connectivity index (χ1n) is 8.37. The highest BCUT2D eigenvalue weighted by Gasteiger charge is 2.40. The van der Waals surface area contributed by atoms with E-state index in [1.807, 2.05) is 0 Å². The summed E-state index contributed by atoms with van der Waals surface area (Å²) < 4.78 is 34.6. The molecule has 0 radical (unpaired) electrons. The first-order chi connectivity index (χ1) is 11.5. The summed E-state index contributed by atoms with van der Waals surface area (Å²) >= 11 is 0. The summed E-state index contributed by atoms with van der Waals surface area (Å²) in [6.45, 7) is 2.89. The van der Waals surface area contributed by atoms with Crippen LogP contribution in [0.15, 0.2) is 12.3 Å². The molecule has 3 saturated heterocycles. The SMILES string of the molecule is O=S1(=O)CCC(Nc2ccnc(N3CCC4(CC3)OCCO4)n2)C1. The fourth-order valence-corrected chi connectivity index (χ4v) is 5.21. The topological polar surface area (TPSA) is 93.7 Å². The molecule has 24 heavy (non-hydrogen) atoms. The number of piperidine rings is 1. The second-order valence-corrected chi connectivity index (χ2v) is 8.81. The Morgan fingerprint density at radius 2 is 2.00 bits per heavy atom. The summed E-state index contributed by atoms with van der Waals surface area (Å²) in [5.41, 5.74) is 0. The van der Waals surface area contributed by atoms with Crippen molar-refractivity contribution in [3.8, 4) is 0 Å². The number of hydrogen-bond acceptors (Lipinski definition) is 8. The Kier molecular flexibility index (Phi) is 4.09. The minimum Gasteiger partial charge on any atom is -0.366 e. The van der Waals surface area contributed by atoms with Crippen molar-refractivity contribution >= 4 is 21.6 Å². The van der Waals surface area contributed by atoms with Crippen molar-refractivity contribution in [3.05, 3.63) is 12.3 Å². The second kappa shape index (κ2) is 6.12. The number of sulfone groups is 1. The quantitative estimate of drug-likeness (QED) is 0.835. The smallest absolute Gasteiger partial charge is 0.227 e. The van der Waals surface area contributed by atoms with Gasteiger partial charge >= 0.3 is 0 Å². The Labute approximate surface area is 141 Å². The molecule has 8 nitrogen and oxygen atoms in total. The first-order valence-corrected chi connectivity index (χ1v) is 10.2. The average molecular weight is 354 g/mol. The highest BCUT2D eigenvalue weighted by atomic mass is 32.2. The molecule has 1 aromatic rings. The summed E-state index contributed by atoms with van der Waals surface area (Å²) in [6, 6.07) is 1.71. The monoisotopic (exact) mass is 354 g/mol. The van der Waals surface area contributed by atoms with Gasteiger partial charge in [-0.2, -0.15) is 4.98 Å². The van der Waals surface area contributed by atoms with E-state index >= 15 is 0 Å². The maximum absolute atomic E-state index is 11.6. The zero-order valence-corrected chi connectivity index (χ0v) is 14.3. The third kappa shape index (κ3) is 3.33. The number of nitrogens with one attached hydrogen (secondary N) is 1. The average Bonchev–Trinajstić information content (AvgIpc) is 3.15. The van der Waals surface area contributed by atoms with Gasteiger partial charge in [0.05, 0.1) is 24.7 Å². The molecule has 4 rings (SSSR count). The summed E-state index contributed by atoms with van der Waals surface area (Å²) in [4.78, 5) is 11.0. The van der Waals surface area contributed by atoms with Crippen molar-refractivity contribution in [2.24, 2.45) is 0 Å². The van der Waals surface area contributed by atoms with E-state index in [4.69, 9.17) is 9.47 Å². The van der Waals surface area contributed by atoms with Crippen LogP contribution in [-0.2, 0) is 19.3 Å². The number of hydrogen-bond donors (Lipinski definition) is 1. The normalized spacial score (nSPS) is 28.3. The third-order valence-electron chi connectivity index (χ3n) is 4.85. The van der Waals surface area contributed by atoms with Crippen LogP contribution >= 0.6 is 0 Å². The van der Waals surface area contributed by atoms with Gasteiger partial charge in [-0.1, -0.05) is 0 Å². The Bertz CT molecular complexity index is 695. The lowest BCUT2D eigenvalue weighted by atomic mass is 10.0. The summed E-state index contributed by atoms with van der Waals surface area (Å²) in [5, 5.41) is 3.22. The summed E-state index contributed by atoms with van der Waals surface area (Å²) in [7, 11) is -2.90. The van der Waals surface area contributed by atoms with Gasteiger partial charge in [0.25, 0.3) is 0 Å². The third-order valence-corrected chi connectivity index (χ3v) is 6.62. The zero-order valence-electron chi connectivity index (χ0n) is 13.5. The Hall–Kier alpha value is -1.45. The molecule has 0 aromatic carbocycles. The fraction of sp³-hybridized carbons (Fsp3) is 0.733. The maximum Gasteiger partial charge on any atom is 0.227 e.